The number of hydrogen-bond acceptors (Lipinski definition) is 4. The molecule has 3 N–H and O–H groups in total. The fraction of sp³-hybridized carbons (Fsp3) is 0.278. The monoisotopic (exact) mass is 428 g/mol. The number of sulfonamides is 1. The molecule has 0 aliphatic heterocycles. The first kappa shape index (κ1) is 22.0. The molecule has 0 unspecified atom stereocenters. The van der Waals surface area contributed by atoms with E-state index >= 15 is 0 Å². The molecule has 0 radical (unpaired) electrons. The van der Waals surface area contributed by atoms with Crippen molar-refractivity contribution in [2.45, 2.75) is 25.7 Å². The molecule has 0 atom stereocenters. The van der Waals surface area contributed by atoms with Crippen molar-refractivity contribution in [2.24, 2.45) is 0 Å². The lowest BCUT2D eigenvalue weighted by atomic mass is 10.2. The summed E-state index contributed by atoms with van der Waals surface area (Å²) >= 11 is 5.16. The van der Waals surface area contributed by atoms with E-state index in [4.69, 9.17) is 12.2 Å². The van der Waals surface area contributed by atoms with Crippen LogP contribution in [0.2, 0.25) is 0 Å². The van der Waals surface area contributed by atoms with Crippen molar-refractivity contribution in [2.75, 3.05) is 23.8 Å². The van der Waals surface area contributed by atoms with Crippen molar-refractivity contribution in [3.63, 3.8) is 0 Å². The standard InChI is InChI=1S/C18H22F2N4O2S2/c1-4-24(5-2)28(25,26)14-8-6-12(3)17(11-14)21-18(27)23-22-16-9-7-13(19)10-15(16)20/h6-11,22H,4-5H2,1-3H3,(H2,21,23,27). The number of nitrogens with zero attached hydrogens (tertiary/aromatic N) is 1. The number of nitrogens with one attached hydrogen (secondary N) is 3. The molecule has 0 heterocycles. The molecule has 0 aliphatic rings. The Morgan fingerprint density at radius 2 is 1.75 bits per heavy atom. The molecule has 6 nitrogen and oxygen atoms in total. The molecule has 0 bridgehead atoms. The second-order valence-corrected chi connectivity index (χ2v) is 8.24. The Bertz CT molecular complexity index is 964. The summed E-state index contributed by atoms with van der Waals surface area (Å²) in [5.41, 5.74) is 6.41. The average molecular weight is 429 g/mol. The van der Waals surface area contributed by atoms with Crippen LogP contribution in [0.25, 0.3) is 0 Å². The van der Waals surface area contributed by atoms with Gasteiger partial charge in [0.15, 0.2) is 10.9 Å². The summed E-state index contributed by atoms with van der Waals surface area (Å²) in [5.74, 6) is -1.47. The first-order valence-electron chi connectivity index (χ1n) is 8.57. The van der Waals surface area contributed by atoms with Crippen LogP contribution in [-0.2, 0) is 10.0 Å². The van der Waals surface area contributed by atoms with Gasteiger partial charge in [0.05, 0.1) is 10.6 Å². The van der Waals surface area contributed by atoms with Gasteiger partial charge in [-0.3, -0.25) is 10.9 Å². The maximum atomic E-state index is 13.6. The summed E-state index contributed by atoms with van der Waals surface area (Å²) in [5, 5.41) is 2.96. The lowest BCUT2D eigenvalue weighted by molar-refractivity contribution is 0.445. The third kappa shape index (κ3) is 5.15. The molecule has 0 saturated carbocycles. The summed E-state index contributed by atoms with van der Waals surface area (Å²) in [4.78, 5) is 0.143. The van der Waals surface area contributed by atoms with Crippen molar-refractivity contribution in [1.29, 1.82) is 0 Å². The van der Waals surface area contributed by atoms with Gasteiger partial charge in [-0.15, -0.1) is 0 Å². The predicted octanol–water partition coefficient (Wildman–Crippen LogP) is 3.62. The van der Waals surface area contributed by atoms with Crippen LogP contribution in [0.4, 0.5) is 20.2 Å². The molecule has 2 aromatic carbocycles. The fourth-order valence-corrected chi connectivity index (χ4v) is 4.12. The minimum absolute atomic E-state index is 0.0140. The highest BCUT2D eigenvalue weighted by Crippen LogP contribution is 2.23. The third-order valence-electron chi connectivity index (χ3n) is 4.04. The zero-order valence-corrected chi connectivity index (χ0v) is 17.3. The maximum Gasteiger partial charge on any atom is 0.243 e. The van der Waals surface area contributed by atoms with E-state index in [1.54, 1.807) is 26.8 Å². The number of thiocarbonyl (C=S) groups is 1. The van der Waals surface area contributed by atoms with E-state index in [0.717, 1.165) is 17.7 Å². The van der Waals surface area contributed by atoms with Crippen LogP contribution in [-0.4, -0.2) is 30.9 Å². The number of benzene rings is 2. The predicted molar refractivity (Wildman–Crippen MR) is 111 cm³/mol. The third-order valence-corrected chi connectivity index (χ3v) is 6.29. The van der Waals surface area contributed by atoms with E-state index in [1.807, 2.05) is 0 Å². The summed E-state index contributed by atoms with van der Waals surface area (Å²) in [6.07, 6.45) is 0. The quantitative estimate of drug-likeness (QED) is 0.462. The Hall–Kier alpha value is -2.30. The normalized spacial score (nSPS) is 11.4. The van der Waals surface area contributed by atoms with E-state index in [-0.39, 0.29) is 15.7 Å². The van der Waals surface area contributed by atoms with Crippen LogP contribution in [0.15, 0.2) is 41.3 Å². The minimum atomic E-state index is -3.61. The summed E-state index contributed by atoms with van der Waals surface area (Å²) in [6.45, 7) is 6.07. The first-order chi connectivity index (χ1) is 13.2. The van der Waals surface area contributed by atoms with Crippen molar-refractivity contribution in [3.8, 4) is 0 Å². The van der Waals surface area contributed by atoms with Crippen molar-refractivity contribution in [1.82, 2.24) is 9.73 Å². The van der Waals surface area contributed by atoms with Crippen LogP contribution >= 0.6 is 12.2 Å². The van der Waals surface area contributed by atoms with Gasteiger partial charge in [-0.1, -0.05) is 19.9 Å². The second kappa shape index (κ2) is 9.26. The Morgan fingerprint density at radius 3 is 2.36 bits per heavy atom. The lowest BCUT2D eigenvalue weighted by Crippen LogP contribution is -2.34. The van der Waals surface area contributed by atoms with E-state index in [1.165, 1.54) is 22.5 Å². The minimum Gasteiger partial charge on any atom is -0.331 e. The molecular formula is C18H22F2N4O2S2. The van der Waals surface area contributed by atoms with Gasteiger partial charge in [0.2, 0.25) is 10.0 Å². The number of hydrazine groups is 1. The Balaban J connectivity index is 2.14. The molecule has 152 valence electrons. The molecule has 0 fully saturated rings. The molecule has 0 saturated heterocycles. The summed E-state index contributed by atoms with van der Waals surface area (Å²) in [6, 6.07) is 7.78. The van der Waals surface area contributed by atoms with Gasteiger partial charge in [-0.25, -0.2) is 17.2 Å². The SMILES string of the molecule is CCN(CC)S(=O)(=O)c1ccc(C)c(NC(=S)NNc2ccc(F)cc2F)c1. The average Bonchev–Trinajstić information content (AvgIpc) is 2.63. The van der Waals surface area contributed by atoms with E-state index < -0.39 is 21.7 Å². The number of halogens is 2. The van der Waals surface area contributed by atoms with Gasteiger partial charge in [0, 0.05) is 24.8 Å². The highest BCUT2D eigenvalue weighted by atomic mass is 32.2. The van der Waals surface area contributed by atoms with Crippen molar-refractivity contribution >= 4 is 38.7 Å². The summed E-state index contributed by atoms with van der Waals surface area (Å²) < 4.78 is 53.3. The van der Waals surface area contributed by atoms with Crippen LogP contribution < -0.4 is 16.2 Å². The fourth-order valence-electron chi connectivity index (χ4n) is 2.48. The van der Waals surface area contributed by atoms with Gasteiger partial charge in [0.1, 0.15) is 5.82 Å². The molecule has 0 aromatic heterocycles. The van der Waals surface area contributed by atoms with Gasteiger partial charge in [0.25, 0.3) is 0 Å². The number of aryl methyl sites for hydroxylation is 1. The summed E-state index contributed by atoms with van der Waals surface area (Å²) in [7, 11) is -3.61. The Kier molecular flexibility index (Phi) is 7.28. The van der Waals surface area contributed by atoms with Crippen LogP contribution in [0, 0.1) is 18.6 Å². The first-order valence-corrected chi connectivity index (χ1v) is 10.4. The van der Waals surface area contributed by atoms with Crippen molar-refractivity contribution in [3.05, 3.63) is 53.6 Å². The van der Waals surface area contributed by atoms with Gasteiger partial charge >= 0.3 is 0 Å². The smallest absolute Gasteiger partial charge is 0.243 e. The molecule has 28 heavy (non-hydrogen) atoms. The van der Waals surface area contributed by atoms with Crippen LogP contribution in [0.5, 0.6) is 0 Å². The van der Waals surface area contributed by atoms with E-state index in [2.05, 4.69) is 16.2 Å². The molecule has 0 aliphatic carbocycles. The van der Waals surface area contributed by atoms with E-state index in [0.29, 0.717) is 18.8 Å². The maximum absolute atomic E-state index is 13.6. The van der Waals surface area contributed by atoms with Gasteiger partial charge < -0.3 is 5.32 Å². The molecule has 2 aromatic rings. The molecule has 2 rings (SSSR count). The lowest BCUT2D eigenvalue weighted by Gasteiger charge is -2.20. The topological polar surface area (TPSA) is 73.5 Å². The van der Waals surface area contributed by atoms with Crippen molar-refractivity contribution < 1.29 is 17.2 Å². The molecule has 0 amide bonds. The zero-order valence-electron chi connectivity index (χ0n) is 15.7. The number of hydrogen-bond donors (Lipinski definition) is 3. The Labute approximate surface area is 169 Å². The highest BCUT2D eigenvalue weighted by Gasteiger charge is 2.22. The Morgan fingerprint density at radius 1 is 1.07 bits per heavy atom. The van der Waals surface area contributed by atoms with Crippen LogP contribution in [0.1, 0.15) is 19.4 Å². The van der Waals surface area contributed by atoms with Crippen LogP contribution in [0.3, 0.4) is 0 Å². The zero-order chi connectivity index (χ0) is 20.9. The van der Waals surface area contributed by atoms with Gasteiger partial charge in [-0.05, 0) is 49.0 Å². The largest absolute Gasteiger partial charge is 0.331 e. The van der Waals surface area contributed by atoms with Gasteiger partial charge in [-0.2, -0.15) is 4.31 Å². The molecule has 10 heteroatoms. The number of anilines is 2. The number of rotatable bonds is 7. The highest BCUT2D eigenvalue weighted by molar-refractivity contribution is 7.89. The van der Waals surface area contributed by atoms with E-state index in [9.17, 15) is 17.2 Å². The molecular weight excluding hydrogens is 406 g/mol. The second-order valence-electron chi connectivity index (χ2n) is 5.89. The molecule has 0 spiro atoms.